The van der Waals surface area contributed by atoms with Gasteiger partial charge in [-0.05, 0) is 37.3 Å². The number of nitrogens with zero attached hydrogens (tertiary/aromatic N) is 2. The van der Waals surface area contributed by atoms with Crippen molar-refractivity contribution >= 4 is 22.6 Å². The molecule has 1 amide bonds. The van der Waals surface area contributed by atoms with Crippen LogP contribution in [0.25, 0.3) is 22.3 Å². The van der Waals surface area contributed by atoms with E-state index in [2.05, 4.69) is 25.3 Å². The molecule has 2 aromatic carbocycles. The minimum Gasteiger partial charge on any atom is -0.348 e. The van der Waals surface area contributed by atoms with Gasteiger partial charge < -0.3 is 15.3 Å². The number of aromatic nitrogens is 4. The van der Waals surface area contributed by atoms with Gasteiger partial charge in [-0.15, -0.1) is 0 Å². The normalized spacial score (nSPS) is 10.9. The summed E-state index contributed by atoms with van der Waals surface area (Å²) in [5.41, 5.74) is 5.93. The molecule has 2 heterocycles. The first kappa shape index (κ1) is 14.2. The summed E-state index contributed by atoms with van der Waals surface area (Å²) >= 11 is 0. The number of hydrogen-bond acceptors (Lipinski definition) is 3. The summed E-state index contributed by atoms with van der Waals surface area (Å²) in [7, 11) is 0. The number of carbonyl (C=O) groups is 1. The fraction of sp³-hybridized carbons (Fsp3) is 0.0556. The maximum atomic E-state index is 12.4. The molecule has 0 aliphatic heterocycles. The molecule has 0 saturated carbocycles. The molecule has 0 aliphatic rings. The van der Waals surface area contributed by atoms with E-state index in [9.17, 15) is 4.79 Å². The largest absolute Gasteiger partial charge is 0.348 e. The number of imidazole rings is 2. The molecule has 0 aliphatic carbocycles. The van der Waals surface area contributed by atoms with Crippen LogP contribution in [0.5, 0.6) is 0 Å². The zero-order valence-electron chi connectivity index (χ0n) is 13.0. The molecule has 0 unspecified atom stereocenters. The van der Waals surface area contributed by atoms with E-state index in [0.717, 1.165) is 33.7 Å². The number of fused-ring (bicyclic) bond motifs is 1. The van der Waals surface area contributed by atoms with E-state index < -0.39 is 0 Å². The Bertz CT molecular complexity index is 1010. The van der Waals surface area contributed by atoms with Crippen molar-refractivity contribution in [1.29, 1.82) is 0 Å². The molecular weight excluding hydrogens is 302 g/mol. The topological polar surface area (TPSA) is 86.5 Å². The van der Waals surface area contributed by atoms with E-state index in [-0.39, 0.29) is 5.91 Å². The van der Waals surface area contributed by atoms with Gasteiger partial charge in [-0.3, -0.25) is 4.79 Å². The number of benzene rings is 2. The van der Waals surface area contributed by atoms with Crippen LogP contribution in [-0.2, 0) is 0 Å². The number of carbonyl (C=O) groups excluding carboxylic acids is 1. The quantitative estimate of drug-likeness (QED) is 0.540. The molecule has 0 spiro atoms. The third kappa shape index (κ3) is 2.54. The van der Waals surface area contributed by atoms with Gasteiger partial charge in [-0.2, -0.15) is 0 Å². The summed E-state index contributed by atoms with van der Waals surface area (Å²) in [6.45, 7) is 1.98. The molecule has 0 fully saturated rings. The summed E-state index contributed by atoms with van der Waals surface area (Å²) in [5, 5.41) is 2.90. The molecule has 6 nitrogen and oxygen atoms in total. The van der Waals surface area contributed by atoms with Crippen molar-refractivity contribution in [3.05, 3.63) is 66.4 Å². The highest BCUT2D eigenvalue weighted by Crippen LogP contribution is 2.22. The fourth-order valence-corrected chi connectivity index (χ4v) is 2.64. The zero-order chi connectivity index (χ0) is 16.5. The molecular formula is C18H15N5O. The maximum absolute atomic E-state index is 12.4. The summed E-state index contributed by atoms with van der Waals surface area (Å²) in [6.07, 6.45) is 3.29. The smallest absolute Gasteiger partial charge is 0.255 e. The number of rotatable bonds is 3. The van der Waals surface area contributed by atoms with E-state index >= 15 is 0 Å². The second-order valence-corrected chi connectivity index (χ2v) is 5.54. The summed E-state index contributed by atoms with van der Waals surface area (Å²) in [5.74, 6) is -0.157. The van der Waals surface area contributed by atoms with Crippen LogP contribution < -0.4 is 5.32 Å². The number of hydrogen-bond donors (Lipinski definition) is 3. The van der Waals surface area contributed by atoms with Crippen molar-refractivity contribution < 1.29 is 4.79 Å². The van der Waals surface area contributed by atoms with Gasteiger partial charge in [0.25, 0.3) is 5.91 Å². The van der Waals surface area contributed by atoms with Crippen LogP contribution in [0.2, 0.25) is 0 Å². The summed E-state index contributed by atoms with van der Waals surface area (Å²) in [6, 6.07) is 13.0. The Kier molecular flexibility index (Phi) is 3.35. The van der Waals surface area contributed by atoms with E-state index in [4.69, 9.17) is 0 Å². The van der Waals surface area contributed by atoms with Crippen LogP contribution in [0.1, 0.15) is 16.1 Å². The average molecular weight is 317 g/mol. The first-order valence-corrected chi connectivity index (χ1v) is 7.55. The van der Waals surface area contributed by atoms with Crippen LogP contribution >= 0.6 is 0 Å². The monoisotopic (exact) mass is 317 g/mol. The van der Waals surface area contributed by atoms with Crippen molar-refractivity contribution in [3.63, 3.8) is 0 Å². The van der Waals surface area contributed by atoms with Gasteiger partial charge in [0.05, 0.1) is 29.4 Å². The lowest BCUT2D eigenvalue weighted by Crippen LogP contribution is -2.11. The Labute approximate surface area is 138 Å². The summed E-state index contributed by atoms with van der Waals surface area (Å²) in [4.78, 5) is 26.9. The van der Waals surface area contributed by atoms with Gasteiger partial charge in [0.2, 0.25) is 0 Å². The Hall–Kier alpha value is -3.41. The fourth-order valence-electron chi connectivity index (χ4n) is 2.64. The Morgan fingerprint density at radius 3 is 2.54 bits per heavy atom. The second-order valence-electron chi connectivity index (χ2n) is 5.54. The average Bonchev–Trinajstić information content (AvgIpc) is 3.23. The lowest BCUT2D eigenvalue weighted by Gasteiger charge is -2.06. The van der Waals surface area contributed by atoms with Crippen molar-refractivity contribution in [1.82, 2.24) is 19.9 Å². The number of amides is 1. The number of anilines is 1. The highest BCUT2D eigenvalue weighted by atomic mass is 16.1. The van der Waals surface area contributed by atoms with Gasteiger partial charge in [-0.25, -0.2) is 9.97 Å². The van der Waals surface area contributed by atoms with E-state index in [0.29, 0.717) is 5.56 Å². The minimum atomic E-state index is -0.157. The standard InChI is InChI=1S/C18H15N5O/c1-11-17(22-9-19-11)12-2-5-14(6-3-12)23-18(24)13-4-7-15-16(8-13)21-10-20-15/h2-10H,1H3,(H,19,22)(H,20,21)(H,23,24). The van der Waals surface area contributed by atoms with Crippen LogP contribution in [0, 0.1) is 6.92 Å². The van der Waals surface area contributed by atoms with Crippen LogP contribution in [-0.4, -0.2) is 25.8 Å². The van der Waals surface area contributed by atoms with E-state index in [1.807, 2.05) is 37.3 Å². The first-order valence-electron chi connectivity index (χ1n) is 7.55. The van der Waals surface area contributed by atoms with Gasteiger partial charge in [0, 0.05) is 22.5 Å². The maximum Gasteiger partial charge on any atom is 0.255 e. The van der Waals surface area contributed by atoms with Gasteiger partial charge >= 0.3 is 0 Å². The Morgan fingerprint density at radius 1 is 1.00 bits per heavy atom. The molecule has 4 aromatic rings. The molecule has 2 aromatic heterocycles. The van der Waals surface area contributed by atoms with Crippen molar-refractivity contribution in [3.8, 4) is 11.3 Å². The molecule has 0 saturated heterocycles. The van der Waals surface area contributed by atoms with Crippen molar-refractivity contribution in [2.24, 2.45) is 0 Å². The highest BCUT2D eigenvalue weighted by Gasteiger charge is 2.09. The molecule has 0 radical (unpaired) electrons. The number of aryl methyl sites for hydroxylation is 1. The van der Waals surface area contributed by atoms with Gasteiger partial charge in [-0.1, -0.05) is 12.1 Å². The predicted molar refractivity (Wildman–Crippen MR) is 92.8 cm³/mol. The molecule has 3 N–H and O–H groups in total. The van der Waals surface area contributed by atoms with Crippen LogP contribution in [0.15, 0.2) is 55.1 Å². The summed E-state index contributed by atoms with van der Waals surface area (Å²) < 4.78 is 0. The van der Waals surface area contributed by atoms with Gasteiger partial charge in [0.15, 0.2) is 0 Å². The minimum absolute atomic E-state index is 0.157. The SMILES string of the molecule is Cc1[nH]cnc1-c1ccc(NC(=O)c2ccc3nc[nH]c3c2)cc1. The third-order valence-electron chi connectivity index (χ3n) is 3.93. The predicted octanol–water partition coefficient (Wildman–Crippen LogP) is 3.51. The molecule has 6 heteroatoms. The van der Waals surface area contributed by atoms with E-state index in [1.165, 1.54) is 0 Å². The van der Waals surface area contributed by atoms with Crippen molar-refractivity contribution in [2.75, 3.05) is 5.32 Å². The molecule has 118 valence electrons. The molecule has 0 bridgehead atoms. The first-order chi connectivity index (χ1) is 11.7. The molecule has 4 rings (SSSR count). The van der Waals surface area contributed by atoms with Gasteiger partial charge in [0.1, 0.15) is 0 Å². The second kappa shape index (κ2) is 5.66. The Morgan fingerprint density at radius 2 is 1.79 bits per heavy atom. The zero-order valence-corrected chi connectivity index (χ0v) is 13.0. The molecule has 0 atom stereocenters. The lowest BCUT2D eigenvalue weighted by atomic mass is 10.1. The van der Waals surface area contributed by atoms with E-state index in [1.54, 1.807) is 24.8 Å². The van der Waals surface area contributed by atoms with Crippen LogP contribution in [0.4, 0.5) is 5.69 Å². The van der Waals surface area contributed by atoms with Crippen molar-refractivity contribution in [2.45, 2.75) is 6.92 Å². The van der Waals surface area contributed by atoms with Crippen LogP contribution in [0.3, 0.4) is 0 Å². The number of H-pyrrole nitrogens is 2. The Balaban J connectivity index is 1.54. The highest BCUT2D eigenvalue weighted by molar-refractivity contribution is 6.05. The third-order valence-corrected chi connectivity index (χ3v) is 3.93. The lowest BCUT2D eigenvalue weighted by molar-refractivity contribution is 0.102. The number of aromatic amines is 2. The molecule has 24 heavy (non-hydrogen) atoms. The number of nitrogens with one attached hydrogen (secondary N) is 3.